The lowest BCUT2D eigenvalue weighted by Crippen LogP contribution is -2.42. The average Bonchev–Trinajstić information content (AvgIpc) is 2.54. The highest BCUT2D eigenvalue weighted by atomic mass is 32.2. The molecule has 2 rings (SSSR count). The van der Waals surface area contributed by atoms with Crippen molar-refractivity contribution >= 4 is 17.7 Å². The normalized spacial score (nSPS) is 19.4. The van der Waals surface area contributed by atoms with Gasteiger partial charge in [0.15, 0.2) is 0 Å². The number of hydrogen-bond donors (Lipinski definition) is 2. The zero-order chi connectivity index (χ0) is 16.7. The molecule has 0 spiro atoms. The molecule has 2 atom stereocenters. The van der Waals surface area contributed by atoms with Gasteiger partial charge in [-0.1, -0.05) is 25.1 Å². The Morgan fingerprint density at radius 3 is 2.91 bits per heavy atom. The van der Waals surface area contributed by atoms with Crippen molar-refractivity contribution in [3.8, 4) is 5.75 Å². The van der Waals surface area contributed by atoms with Gasteiger partial charge in [-0.25, -0.2) is 0 Å². The molecule has 0 radical (unpaired) electrons. The molecule has 0 aromatic heterocycles. The minimum Gasteiger partial charge on any atom is -0.434 e. The fourth-order valence-corrected chi connectivity index (χ4v) is 3.55. The van der Waals surface area contributed by atoms with Crippen LogP contribution < -0.4 is 15.4 Å². The van der Waals surface area contributed by atoms with Gasteiger partial charge in [0.05, 0.1) is 6.04 Å². The van der Waals surface area contributed by atoms with Crippen LogP contribution in [-0.2, 0) is 4.79 Å². The van der Waals surface area contributed by atoms with Gasteiger partial charge in [0.25, 0.3) is 0 Å². The number of rotatable bonds is 7. The molecule has 1 aromatic rings. The van der Waals surface area contributed by atoms with E-state index in [0.717, 1.165) is 18.1 Å². The lowest BCUT2D eigenvalue weighted by atomic mass is 10.0. The molecule has 1 aliphatic rings. The molecular weight excluding hydrogens is 322 g/mol. The number of benzene rings is 1. The van der Waals surface area contributed by atoms with E-state index < -0.39 is 6.61 Å². The highest BCUT2D eigenvalue weighted by Crippen LogP contribution is 2.28. The molecule has 1 aliphatic heterocycles. The standard InChI is InChI=1S/C16H22F2N2O2S/c1-2-13(12-5-3-4-6-14(12)22-16(17)18)20-15(21)9-11-10-23-8-7-19-11/h3-6,11,13,16,19H,2,7-10H2,1H3,(H,20,21). The van der Waals surface area contributed by atoms with Gasteiger partial charge >= 0.3 is 6.61 Å². The van der Waals surface area contributed by atoms with Gasteiger partial charge in [-0.15, -0.1) is 0 Å². The van der Waals surface area contributed by atoms with Crippen LogP contribution in [0.3, 0.4) is 0 Å². The van der Waals surface area contributed by atoms with E-state index in [1.54, 1.807) is 18.2 Å². The second-order valence-electron chi connectivity index (χ2n) is 5.37. The van der Waals surface area contributed by atoms with Gasteiger partial charge in [0.2, 0.25) is 5.91 Å². The molecule has 23 heavy (non-hydrogen) atoms. The lowest BCUT2D eigenvalue weighted by molar-refractivity contribution is -0.122. The fraction of sp³-hybridized carbons (Fsp3) is 0.562. The SMILES string of the molecule is CCC(NC(=O)CC1CSCCN1)c1ccccc1OC(F)F. The molecule has 2 N–H and O–H groups in total. The number of ether oxygens (including phenoxy) is 1. The topological polar surface area (TPSA) is 50.4 Å². The molecule has 4 nitrogen and oxygen atoms in total. The number of amides is 1. The van der Waals surface area contributed by atoms with Gasteiger partial charge in [-0.3, -0.25) is 4.79 Å². The summed E-state index contributed by atoms with van der Waals surface area (Å²) in [4.78, 5) is 12.2. The fourth-order valence-electron chi connectivity index (χ4n) is 2.60. The van der Waals surface area contributed by atoms with E-state index in [2.05, 4.69) is 15.4 Å². The van der Waals surface area contributed by atoms with Crippen LogP contribution in [0.2, 0.25) is 0 Å². The van der Waals surface area contributed by atoms with Crippen LogP contribution in [-0.4, -0.2) is 36.6 Å². The number of alkyl halides is 2. The van der Waals surface area contributed by atoms with E-state index in [9.17, 15) is 13.6 Å². The first kappa shape index (κ1) is 18.0. The second kappa shape index (κ2) is 9.08. The smallest absolute Gasteiger partial charge is 0.387 e. The van der Waals surface area contributed by atoms with Gasteiger partial charge in [0, 0.05) is 36.1 Å². The summed E-state index contributed by atoms with van der Waals surface area (Å²) in [6.45, 7) is -0.0724. The van der Waals surface area contributed by atoms with Gasteiger partial charge in [-0.2, -0.15) is 20.5 Å². The number of para-hydroxylation sites is 1. The first-order valence-corrected chi connectivity index (χ1v) is 8.89. The summed E-state index contributed by atoms with van der Waals surface area (Å²) >= 11 is 1.83. The highest BCUT2D eigenvalue weighted by molar-refractivity contribution is 7.99. The Kier molecular flexibility index (Phi) is 7.11. The van der Waals surface area contributed by atoms with Crippen LogP contribution in [0.5, 0.6) is 5.75 Å². The second-order valence-corrected chi connectivity index (χ2v) is 6.52. The average molecular weight is 344 g/mol. The highest BCUT2D eigenvalue weighted by Gasteiger charge is 2.21. The molecule has 0 aliphatic carbocycles. The number of halogens is 2. The van der Waals surface area contributed by atoms with Gasteiger partial charge in [0.1, 0.15) is 5.75 Å². The number of carbonyl (C=O) groups is 1. The van der Waals surface area contributed by atoms with Gasteiger partial charge < -0.3 is 15.4 Å². The van der Waals surface area contributed by atoms with Crippen molar-refractivity contribution in [3.63, 3.8) is 0 Å². The first-order chi connectivity index (χ1) is 11.1. The Bertz CT molecular complexity index is 511. The van der Waals surface area contributed by atoms with Crippen LogP contribution in [0.1, 0.15) is 31.4 Å². The summed E-state index contributed by atoms with van der Waals surface area (Å²) < 4.78 is 29.6. The largest absolute Gasteiger partial charge is 0.434 e. The van der Waals surface area contributed by atoms with Crippen molar-refractivity contribution in [1.82, 2.24) is 10.6 Å². The Balaban J connectivity index is 2.00. The summed E-state index contributed by atoms with van der Waals surface area (Å²) in [5.74, 6) is 2.01. The third-order valence-corrected chi connectivity index (χ3v) is 4.82. The van der Waals surface area contributed by atoms with E-state index >= 15 is 0 Å². The molecule has 1 heterocycles. The quantitative estimate of drug-likeness (QED) is 0.798. The first-order valence-electron chi connectivity index (χ1n) is 7.74. The van der Waals surface area contributed by atoms with Crippen LogP contribution in [0, 0.1) is 0 Å². The molecule has 0 saturated carbocycles. The summed E-state index contributed by atoms with van der Waals surface area (Å²) in [5, 5.41) is 6.24. The number of hydrogen-bond acceptors (Lipinski definition) is 4. The Morgan fingerprint density at radius 1 is 1.48 bits per heavy atom. The van der Waals surface area contributed by atoms with Crippen LogP contribution in [0.4, 0.5) is 8.78 Å². The molecule has 1 amide bonds. The van der Waals surface area contributed by atoms with Gasteiger partial charge in [-0.05, 0) is 12.5 Å². The minimum atomic E-state index is -2.88. The Labute approximate surface area is 139 Å². The van der Waals surface area contributed by atoms with Crippen molar-refractivity contribution in [2.75, 3.05) is 18.1 Å². The molecule has 7 heteroatoms. The summed E-state index contributed by atoms with van der Waals surface area (Å²) in [7, 11) is 0. The maximum Gasteiger partial charge on any atom is 0.387 e. The van der Waals surface area contributed by atoms with Crippen molar-refractivity contribution in [2.45, 2.75) is 38.5 Å². The predicted molar refractivity (Wildman–Crippen MR) is 88.0 cm³/mol. The number of thioether (sulfide) groups is 1. The maximum atomic E-state index is 12.5. The summed E-state index contributed by atoms with van der Waals surface area (Å²) in [6, 6.07) is 6.42. The van der Waals surface area contributed by atoms with Crippen LogP contribution in [0.25, 0.3) is 0 Å². The molecule has 0 bridgehead atoms. The van der Waals surface area contributed by atoms with Crippen molar-refractivity contribution in [3.05, 3.63) is 29.8 Å². The summed E-state index contributed by atoms with van der Waals surface area (Å²) in [5.41, 5.74) is 0.578. The van der Waals surface area contributed by atoms with Crippen molar-refractivity contribution in [2.24, 2.45) is 0 Å². The Morgan fingerprint density at radius 2 is 2.26 bits per heavy atom. The Hall–Kier alpha value is -1.34. The van der Waals surface area contributed by atoms with Crippen molar-refractivity contribution < 1.29 is 18.3 Å². The zero-order valence-corrected chi connectivity index (χ0v) is 13.9. The molecule has 1 fully saturated rings. The molecule has 1 aromatic carbocycles. The molecular formula is C16H22F2N2O2S. The van der Waals surface area contributed by atoms with E-state index in [-0.39, 0.29) is 23.7 Å². The zero-order valence-electron chi connectivity index (χ0n) is 13.1. The number of carbonyl (C=O) groups excluding carboxylic acids is 1. The van der Waals surface area contributed by atoms with Crippen molar-refractivity contribution in [1.29, 1.82) is 0 Å². The monoisotopic (exact) mass is 344 g/mol. The van der Waals surface area contributed by atoms with E-state index in [1.807, 2.05) is 18.7 Å². The van der Waals surface area contributed by atoms with Crippen LogP contribution in [0.15, 0.2) is 24.3 Å². The molecule has 1 saturated heterocycles. The van der Waals surface area contributed by atoms with E-state index in [4.69, 9.17) is 0 Å². The van der Waals surface area contributed by atoms with Crippen LogP contribution >= 0.6 is 11.8 Å². The molecule has 2 unspecified atom stereocenters. The predicted octanol–water partition coefficient (Wildman–Crippen LogP) is 2.95. The third-order valence-electron chi connectivity index (χ3n) is 3.68. The number of nitrogens with one attached hydrogen (secondary N) is 2. The third kappa shape index (κ3) is 5.66. The minimum absolute atomic E-state index is 0.0799. The lowest BCUT2D eigenvalue weighted by Gasteiger charge is -2.25. The summed E-state index contributed by atoms with van der Waals surface area (Å²) in [6.07, 6.45) is 0.990. The van der Waals surface area contributed by atoms with E-state index in [1.165, 1.54) is 6.07 Å². The maximum absolute atomic E-state index is 12.5. The van der Waals surface area contributed by atoms with E-state index in [0.29, 0.717) is 18.4 Å². The molecule has 128 valence electrons.